The lowest BCUT2D eigenvalue weighted by Gasteiger charge is -2.27. The maximum Gasteiger partial charge on any atom is 0.119 e. The van der Waals surface area contributed by atoms with E-state index in [1.165, 1.54) is 24.1 Å². The summed E-state index contributed by atoms with van der Waals surface area (Å²) in [7, 11) is 0. The van der Waals surface area contributed by atoms with E-state index in [-0.39, 0.29) is 0 Å². The van der Waals surface area contributed by atoms with Crippen molar-refractivity contribution in [2.24, 2.45) is 5.92 Å². The van der Waals surface area contributed by atoms with Crippen molar-refractivity contribution < 1.29 is 4.74 Å². The van der Waals surface area contributed by atoms with Gasteiger partial charge in [-0.15, -0.1) is 0 Å². The van der Waals surface area contributed by atoms with E-state index in [1.54, 1.807) is 0 Å². The normalized spacial score (nSPS) is 19.5. The van der Waals surface area contributed by atoms with Crippen molar-refractivity contribution in [1.29, 1.82) is 0 Å². The molecule has 2 aliphatic rings. The number of hydrogen-bond acceptors (Lipinski definition) is 3. The van der Waals surface area contributed by atoms with Gasteiger partial charge in [-0.3, -0.25) is 0 Å². The molecule has 0 aromatic heterocycles. The molecule has 0 unspecified atom stereocenters. The number of ether oxygens (including phenoxy) is 1. The molecule has 0 amide bonds. The molecule has 1 aromatic carbocycles. The van der Waals surface area contributed by atoms with Gasteiger partial charge in [-0.25, -0.2) is 0 Å². The van der Waals surface area contributed by atoms with Gasteiger partial charge in [-0.1, -0.05) is 0 Å². The second kappa shape index (κ2) is 4.34. The SMILES string of the molecule is c1cc2c(cc1OCC1CNC1)CCCN2. The fourth-order valence-electron chi connectivity index (χ4n) is 2.22. The number of anilines is 1. The number of nitrogens with one attached hydrogen (secondary N) is 2. The van der Waals surface area contributed by atoms with E-state index < -0.39 is 0 Å². The minimum atomic E-state index is 0.703. The fraction of sp³-hybridized carbons (Fsp3) is 0.538. The second-order valence-corrected chi connectivity index (χ2v) is 4.68. The van der Waals surface area contributed by atoms with Crippen LogP contribution in [-0.4, -0.2) is 26.2 Å². The first-order chi connectivity index (χ1) is 7.92. The monoisotopic (exact) mass is 218 g/mol. The quantitative estimate of drug-likeness (QED) is 0.809. The van der Waals surface area contributed by atoms with E-state index in [4.69, 9.17) is 4.74 Å². The van der Waals surface area contributed by atoms with Crippen LogP contribution in [0.3, 0.4) is 0 Å². The molecule has 3 nitrogen and oxygen atoms in total. The highest BCUT2D eigenvalue weighted by molar-refractivity contribution is 5.55. The molecule has 0 spiro atoms. The third-order valence-corrected chi connectivity index (χ3v) is 3.37. The van der Waals surface area contributed by atoms with Crippen LogP contribution in [0.25, 0.3) is 0 Å². The average molecular weight is 218 g/mol. The van der Waals surface area contributed by atoms with E-state index in [9.17, 15) is 0 Å². The largest absolute Gasteiger partial charge is 0.493 e. The van der Waals surface area contributed by atoms with Crippen LogP contribution in [0.15, 0.2) is 18.2 Å². The minimum Gasteiger partial charge on any atom is -0.493 e. The van der Waals surface area contributed by atoms with Gasteiger partial charge in [0.2, 0.25) is 0 Å². The summed E-state index contributed by atoms with van der Waals surface area (Å²) in [4.78, 5) is 0. The van der Waals surface area contributed by atoms with Gasteiger partial charge in [0.15, 0.2) is 0 Å². The first-order valence-electron chi connectivity index (χ1n) is 6.12. The van der Waals surface area contributed by atoms with Crippen molar-refractivity contribution in [3.8, 4) is 5.75 Å². The molecule has 0 radical (unpaired) electrons. The Balaban J connectivity index is 1.65. The predicted octanol–water partition coefficient (Wildman–Crippen LogP) is 1.64. The zero-order chi connectivity index (χ0) is 10.8. The van der Waals surface area contributed by atoms with E-state index in [0.717, 1.165) is 32.0 Å². The Bertz CT molecular complexity index is 374. The molecule has 1 fully saturated rings. The number of rotatable bonds is 3. The van der Waals surface area contributed by atoms with Gasteiger partial charge in [0, 0.05) is 31.2 Å². The minimum absolute atomic E-state index is 0.703. The van der Waals surface area contributed by atoms with Crippen molar-refractivity contribution >= 4 is 5.69 Å². The van der Waals surface area contributed by atoms with Crippen molar-refractivity contribution in [2.45, 2.75) is 12.8 Å². The van der Waals surface area contributed by atoms with Crippen LogP contribution < -0.4 is 15.4 Å². The predicted molar refractivity (Wildman–Crippen MR) is 65.1 cm³/mol. The summed E-state index contributed by atoms with van der Waals surface area (Å²) in [5, 5.41) is 6.67. The molecule has 2 N–H and O–H groups in total. The highest BCUT2D eigenvalue weighted by Crippen LogP contribution is 2.26. The van der Waals surface area contributed by atoms with Gasteiger partial charge in [-0.2, -0.15) is 0 Å². The molecule has 3 rings (SSSR count). The maximum atomic E-state index is 5.81. The van der Waals surface area contributed by atoms with Crippen LogP contribution in [0.2, 0.25) is 0 Å². The summed E-state index contributed by atoms with van der Waals surface area (Å²) >= 11 is 0. The third-order valence-electron chi connectivity index (χ3n) is 3.37. The lowest BCUT2D eigenvalue weighted by Crippen LogP contribution is -2.45. The van der Waals surface area contributed by atoms with Crippen LogP contribution in [-0.2, 0) is 6.42 Å². The molecule has 86 valence electrons. The Morgan fingerprint density at radius 3 is 3.06 bits per heavy atom. The summed E-state index contributed by atoms with van der Waals surface area (Å²) in [6.45, 7) is 4.15. The van der Waals surface area contributed by atoms with Gasteiger partial charge in [-0.05, 0) is 36.6 Å². The van der Waals surface area contributed by atoms with E-state index >= 15 is 0 Å². The van der Waals surface area contributed by atoms with Crippen LogP contribution >= 0.6 is 0 Å². The second-order valence-electron chi connectivity index (χ2n) is 4.68. The van der Waals surface area contributed by atoms with E-state index in [1.807, 2.05) is 0 Å². The first-order valence-corrected chi connectivity index (χ1v) is 6.12. The Morgan fingerprint density at radius 1 is 1.31 bits per heavy atom. The van der Waals surface area contributed by atoms with Gasteiger partial charge in [0.25, 0.3) is 0 Å². The number of aryl methyl sites for hydroxylation is 1. The molecule has 0 bridgehead atoms. The van der Waals surface area contributed by atoms with Crippen LogP contribution in [0.5, 0.6) is 5.75 Å². The molecule has 0 aliphatic carbocycles. The Labute approximate surface area is 96.2 Å². The van der Waals surface area contributed by atoms with Crippen LogP contribution in [0.1, 0.15) is 12.0 Å². The smallest absolute Gasteiger partial charge is 0.119 e. The number of hydrogen-bond donors (Lipinski definition) is 2. The lowest BCUT2D eigenvalue weighted by molar-refractivity contribution is 0.199. The summed E-state index contributed by atoms with van der Waals surface area (Å²) < 4.78 is 5.81. The van der Waals surface area contributed by atoms with Gasteiger partial charge >= 0.3 is 0 Å². The average Bonchev–Trinajstić information content (AvgIpc) is 2.27. The molecule has 0 atom stereocenters. The zero-order valence-corrected chi connectivity index (χ0v) is 9.46. The molecule has 0 saturated carbocycles. The Morgan fingerprint density at radius 2 is 2.25 bits per heavy atom. The fourth-order valence-corrected chi connectivity index (χ4v) is 2.22. The van der Waals surface area contributed by atoms with Crippen molar-refractivity contribution in [3.05, 3.63) is 23.8 Å². The molecule has 2 heterocycles. The van der Waals surface area contributed by atoms with Crippen molar-refractivity contribution in [1.82, 2.24) is 5.32 Å². The van der Waals surface area contributed by atoms with E-state index in [0.29, 0.717) is 5.92 Å². The summed E-state index contributed by atoms with van der Waals surface area (Å²) in [5.41, 5.74) is 2.68. The molecular weight excluding hydrogens is 200 g/mol. The van der Waals surface area contributed by atoms with Gasteiger partial charge < -0.3 is 15.4 Å². The lowest BCUT2D eigenvalue weighted by atomic mass is 10.0. The first kappa shape index (κ1) is 9.97. The van der Waals surface area contributed by atoms with Crippen LogP contribution in [0, 0.1) is 5.92 Å². The Kier molecular flexibility index (Phi) is 2.70. The number of fused-ring (bicyclic) bond motifs is 1. The highest BCUT2D eigenvalue weighted by Gasteiger charge is 2.17. The van der Waals surface area contributed by atoms with Gasteiger partial charge in [0.05, 0.1) is 6.61 Å². The topological polar surface area (TPSA) is 33.3 Å². The van der Waals surface area contributed by atoms with Crippen molar-refractivity contribution in [2.75, 3.05) is 31.6 Å². The van der Waals surface area contributed by atoms with Crippen molar-refractivity contribution in [3.63, 3.8) is 0 Å². The molecule has 3 heteroatoms. The number of benzene rings is 1. The molecule has 1 aromatic rings. The molecule has 16 heavy (non-hydrogen) atoms. The molecule has 1 saturated heterocycles. The molecule has 2 aliphatic heterocycles. The standard InChI is InChI=1S/C13H18N2O/c1-2-11-6-12(3-4-13(11)15-5-1)16-9-10-7-14-8-10/h3-4,6,10,14-15H,1-2,5,7-9H2. The molecular formula is C13H18N2O. The maximum absolute atomic E-state index is 5.81. The summed E-state index contributed by atoms with van der Waals surface area (Å²) in [6, 6.07) is 6.40. The van der Waals surface area contributed by atoms with Crippen LogP contribution in [0.4, 0.5) is 5.69 Å². The summed E-state index contributed by atoms with van der Waals surface area (Å²) in [5.74, 6) is 1.73. The van der Waals surface area contributed by atoms with E-state index in [2.05, 4.69) is 28.8 Å². The summed E-state index contributed by atoms with van der Waals surface area (Å²) in [6.07, 6.45) is 2.40. The zero-order valence-electron chi connectivity index (χ0n) is 9.46. The van der Waals surface area contributed by atoms with Gasteiger partial charge in [0.1, 0.15) is 5.75 Å². The Hall–Kier alpha value is -1.22. The third kappa shape index (κ3) is 2.00. The highest BCUT2D eigenvalue weighted by atomic mass is 16.5.